The van der Waals surface area contributed by atoms with Crippen LogP contribution in [0.1, 0.15) is 19.8 Å². The zero-order chi connectivity index (χ0) is 12.0. The Kier molecular flexibility index (Phi) is 2.44. The van der Waals surface area contributed by atoms with E-state index in [4.69, 9.17) is 4.74 Å². The number of allylic oxidation sites excluding steroid dienone is 4. The van der Waals surface area contributed by atoms with Crippen LogP contribution in [0.5, 0.6) is 0 Å². The Labute approximate surface area is 101 Å². The molecule has 0 fully saturated rings. The highest BCUT2D eigenvalue weighted by Crippen LogP contribution is 2.42. The number of carbonyl (C=O) groups excluding carboxylic acids is 1. The highest BCUT2D eigenvalue weighted by Gasteiger charge is 2.38. The number of nitrogens with one attached hydrogen (secondary N) is 1. The van der Waals surface area contributed by atoms with Crippen molar-refractivity contribution in [1.29, 1.82) is 0 Å². The molecule has 1 N–H and O–H groups in total. The van der Waals surface area contributed by atoms with Gasteiger partial charge in [-0.3, -0.25) is 4.79 Å². The second kappa shape index (κ2) is 3.84. The van der Waals surface area contributed by atoms with Crippen molar-refractivity contribution in [2.45, 2.75) is 25.8 Å². The molecular weight excluding hydrogens is 214 g/mol. The van der Waals surface area contributed by atoms with Crippen LogP contribution in [0.4, 0.5) is 0 Å². The fourth-order valence-electron chi connectivity index (χ4n) is 3.05. The van der Waals surface area contributed by atoms with Gasteiger partial charge in [0.05, 0.1) is 13.2 Å². The molecule has 2 unspecified atom stereocenters. The highest BCUT2D eigenvalue weighted by molar-refractivity contribution is 5.91. The van der Waals surface area contributed by atoms with Crippen molar-refractivity contribution in [3.05, 3.63) is 34.6 Å². The Morgan fingerprint density at radius 2 is 2.29 bits per heavy atom. The Balaban J connectivity index is 2.11. The molecule has 0 spiro atoms. The van der Waals surface area contributed by atoms with Crippen molar-refractivity contribution in [3.63, 3.8) is 0 Å². The van der Waals surface area contributed by atoms with Gasteiger partial charge in [0, 0.05) is 18.0 Å². The predicted molar refractivity (Wildman–Crippen MR) is 65.4 cm³/mol. The summed E-state index contributed by atoms with van der Waals surface area (Å²) in [4.78, 5) is 12.3. The van der Waals surface area contributed by atoms with Gasteiger partial charge in [0.1, 0.15) is 5.76 Å². The van der Waals surface area contributed by atoms with E-state index in [1.165, 1.54) is 16.7 Å². The number of hydrogen-bond donors (Lipinski definition) is 1. The van der Waals surface area contributed by atoms with Gasteiger partial charge in [0.15, 0.2) is 5.78 Å². The largest absolute Gasteiger partial charge is 0.496 e. The van der Waals surface area contributed by atoms with Gasteiger partial charge in [-0.25, -0.2) is 0 Å². The second-order valence-corrected chi connectivity index (χ2v) is 4.90. The maximum Gasteiger partial charge on any atom is 0.156 e. The minimum absolute atomic E-state index is 0.0527. The molecule has 90 valence electrons. The molecule has 0 aromatic heterocycles. The molecule has 3 rings (SSSR count). The number of ether oxygens (including phenoxy) is 1. The van der Waals surface area contributed by atoms with Gasteiger partial charge in [0.25, 0.3) is 0 Å². The first kappa shape index (κ1) is 10.8. The second-order valence-electron chi connectivity index (χ2n) is 4.90. The van der Waals surface area contributed by atoms with Crippen LogP contribution in [0.15, 0.2) is 34.6 Å². The lowest BCUT2D eigenvalue weighted by Crippen LogP contribution is -2.37. The van der Waals surface area contributed by atoms with E-state index >= 15 is 0 Å². The van der Waals surface area contributed by atoms with E-state index in [1.54, 1.807) is 7.11 Å². The third-order valence-electron chi connectivity index (χ3n) is 3.96. The van der Waals surface area contributed by atoms with Gasteiger partial charge in [-0.1, -0.05) is 6.08 Å². The minimum Gasteiger partial charge on any atom is -0.496 e. The first-order valence-corrected chi connectivity index (χ1v) is 6.19. The van der Waals surface area contributed by atoms with Gasteiger partial charge >= 0.3 is 0 Å². The van der Waals surface area contributed by atoms with E-state index in [0.29, 0.717) is 5.78 Å². The molecule has 17 heavy (non-hydrogen) atoms. The Bertz CT molecular complexity index is 471. The van der Waals surface area contributed by atoms with E-state index in [1.807, 2.05) is 6.92 Å². The molecular formula is C14H17NO2. The van der Waals surface area contributed by atoms with Gasteiger partial charge in [-0.2, -0.15) is 0 Å². The van der Waals surface area contributed by atoms with Gasteiger partial charge in [-0.05, 0) is 37.0 Å². The fourth-order valence-corrected chi connectivity index (χ4v) is 3.05. The molecule has 0 radical (unpaired) electrons. The molecule has 1 heterocycles. The Morgan fingerprint density at radius 1 is 1.47 bits per heavy atom. The number of hydrogen-bond acceptors (Lipinski definition) is 3. The standard InChI is InChI=1S/C14H17NO2/c1-8-14(16)10-5-3-4-9-6-12(17-2)11(7-15-8)13(9)10/h4,6,8,10,15H,3,5,7H2,1-2H3. The predicted octanol–water partition coefficient (Wildman–Crippen LogP) is 1.72. The number of methoxy groups -OCH3 is 1. The van der Waals surface area contributed by atoms with Gasteiger partial charge in [0.2, 0.25) is 0 Å². The number of carbonyl (C=O) groups is 1. The van der Waals surface area contributed by atoms with E-state index in [2.05, 4.69) is 17.5 Å². The number of rotatable bonds is 1. The summed E-state index contributed by atoms with van der Waals surface area (Å²) in [5.41, 5.74) is 3.61. The molecule has 0 saturated heterocycles. The molecule has 0 amide bonds. The molecule has 3 aliphatic rings. The summed E-state index contributed by atoms with van der Waals surface area (Å²) in [6.07, 6.45) is 6.23. The van der Waals surface area contributed by atoms with Crippen molar-refractivity contribution < 1.29 is 9.53 Å². The van der Waals surface area contributed by atoms with Crippen molar-refractivity contribution in [2.24, 2.45) is 5.92 Å². The van der Waals surface area contributed by atoms with Crippen LogP contribution in [0, 0.1) is 5.92 Å². The van der Waals surface area contributed by atoms with E-state index in [9.17, 15) is 4.79 Å². The highest BCUT2D eigenvalue weighted by atomic mass is 16.5. The monoisotopic (exact) mass is 231 g/mol. The third kappa shape index (κ3) is 1.49. The van der Waals surface area contributed by atoms with Crippen LogP contribution in [-0.2, 0) is 9.53 Å². The van der Waals surface area contributed by atoms with Crippen LogP contribution >= 0.6 is 0 Å². The summed E-state index contributed by atoms with van der Waals surface area (Å²) < 4.78 is 5.43. The zero-order valence-corrected chi connectivity index (χ0v) is 10.2. The van der Waals surface area contributed by atoms with Crippen molar-refractivity contribution in [1.82, 2.24) is 5.32 Å². The summed E-state index contributed by atoms with van der Waals surface area (Å²) in [7, 11) is 1.70. The summed E-state index contributed by atoms with van der Waals surface area (Å²) in [5.74, 6) is 1.32. The lowest BCUT2D eigenvalue weighted by atomic mass is 9.80. The van der Waals surface area contributed by atoms with Gasteiger partial charge < -0.3 is 10.1 Å². The smallest absolute Gasteiger partial charge is 0.156 e. The summed E-state index contributed by atoms with van der Waals surface area (Å²) in [6.45, 7) is 2.69. The third-order valence-corrected chi connectivity index (χ3v) is 3.96. The van der Waals surface area contributed by atoms with E-state index in [-0.39, 0.29) is 12.0 Å². The van der Waals surface area contributed by atoms with Gasteiger partial charge in [-0.15, -0.1) is 0 Å². The lowest BCUT2D eigenvalue weighted by molar-refractivity contribution is -0.123. The van der Waals surface area contributed by atoms with E-state index in [0.717, 1.165) is 25.1 Å². The van der Waals surface area contributed by atoms with Crippen molar-refractivity contribution in [2.75, 3.05) is 13.7 Å². The molecule has 2 atom stereocenters. The number of Topliss-reactive ketones (excluding diaryl/α,β-unsaturated/α-hetero) is 1. The summed E-state index contributed by atoms with van der Waals surface area (Å²) in [6, 6.07) is -0.0527. The normalized spacial score (nSPS) is 31.8. The minimum atomic E-state index is -0.0527. The molecule has 0 bridgehead atoms. The van der Waals surface area contributed by atoms with Crippen LogP contribution in [0.25, 0.3) is 0 Å². The zero-order valence-electron chi connectivity index (χ0n) is 10.2. The lowest BCUT2D eigenvalue weighted by Gasteiger charge is -2.23. The topological polar surface area (TPSA) is 38.3 Å². The molecule has 3 heteroatoms. The average Bonchev–Trinajstić information content (AvgIpc) is 2.66. The Hall–Kier alpha value is -1.35. The molecule has 3 nitrogen and oxygen atoms in total. The number of ketones is 1. The quantitative estimate of drug-likeness (QED) is 0.747. The van der Waals surface area contributed by atoms with Crippen molar-refractivity contribution >= 4 is 5.78 Å². The molecule has 0 saturated carbocycles. The SMILES string of the molecule is COC1=CC2=CCCC3C(=O)C(C)NCC1=C23. The molecule has 1 aliphatic heterocycles. The van der Waals surface area contributed by atoms with Crippen LogP contribution < -0.4 is 5.32 Å². The fraction of sp³-hybridized carbons (Fsp3) is 0.500. The molecule has 0 aromatic carbocycles. The van der Waals surface area contributed by atoms with Crippen LogP contribution in [0.3, 0.4) is 0 Å². The Morgan fingerprint density at radius 3 is 3.06 bits per heavy atom. The molecule has 0 aromatic rings. The van der Waals surface area contributed by atoms with Crippen LogP contribution in [0.2, 0.25) is 0 Å². The maximum atomic E-state index is 12.3. The first-order valence-electron chi connectivity index (χ1n) is 6.19. The van der Waals surface area contributed by atoms with Crippen molar-refractivity contribution in [3.8, 4) is 0 Å². The summed E-state index contributed by atoms with van der Waals surface area (Å²) in [5, 5.41) is 3.29. The maximum absolute atomic E-state index is 12.3. The first-order chi connectivity index (χ1) is 8.22. The average molecular weight is 231 g/mol. The van der Waals surface area contributed by atoms with E-state index < -0.39 is 0 Å². The molecule has 2 aliphatic carbocycles. The van der Waals surface area contributed by atoms with Crippen LogP contribution in [-0.4, -0.2) is 25.5 Å². The summed E-state index contributed by atoms with van der Waals surface area (Å²) >= 11 is 0.